The van der Waals surface area contributed by atoms with Crippen LogP contribution in [0.4, 0.5) is 18.9 Å². The quantitative estimate of drug-likeness (QED) is 0.899. The molecule has 0 unspecified atom stereocenters. The van der Waals surface area contributed by atoms with Gasteiger partial charge in [-0.2, -0.15) is 13.2 Å². The second kappa shape index (κ2) is 5.97. The molecule has 1 N–H and O–H groups in total. The number of carbonyl (C=O) groups is 1. The van der Waals surface area contributed by atoms with E-state index in [9.17, 15) is 18.0 Å². The predicted octanol–water partition coefficient (Wildman–Crippen LogP) is 3.82. The number of thioether (sulfide) groups is 1. The molecule has 1 aromatic rings. The average molecular weight is 324 g/mol. The highest BCUT2D eigenvalue weighted by Crippen LogP contribution is 2.37. The number of amides is 1. The summed E-state index contributed by atoms with van der Waals surface area (Å²) >= 11 is 6.65. The third-order valence-corrected chi connectivity index (χ3v) is 3.73. The Labute approximate surface area is 122 Å². The zero-order chi connectivity index (χ0) is 14.8. The van der Waals surface area contributed by atoms with Crippen molar-refractivity contribution < 1.29 is 22.7 Å². The summed E-state index contributed by atoms with van der Waals surface area (Å²) in [4.78, 5) is 11.5. The van der Waals surface area contributed by atoms with Crippen molar-refractivity contribution in [1.82, 2.24) is 0 Å². The summed E-state index contributed by atoms with van der Waals surface area (Å²) < 4.78 is 42.9. The van der Waals surface area contributed by atoms with Crippen LogP contribution in [0.5, 0.6) is 0 Å². The lowest BCUT2D eigenvalue weighted by Gasteiger charge is -2.21. The molecule has 0 aliphatic carbocycles. The maximum absolute atomic E-state index is 12.8. The van der Waals surface area contributed by atoms with E-state index in [1.165, 1.54) is 12.1 Å². The van der Waals surface area contributed by atoms with E-state index in [0.717, 1.165) is 11.8 Å². The fraction of sp³-hybridized carbons (Fsp3) is 0.250. The topological polar surface area (TPSA) is 38.3 Å². The minimum absolute atomic E-state index is 0.0810. The summed E-state index contributed by atoms with van der Waals surface area (Å²) in [5, 5.41) is 2.60. The zero-order valence-corrected chi connectivity index (χ0v) is 11.5. The number of nitrogens with one attached hydrogen (secondary N) is 1. The number of hydrogen-bond donors (Lipinski definition) is 1. The highest BCUT2D eigenvalue weighted by Gasteiger charge is 2.42. The Morgan fingerprint density at radius 1 is 1.35 bits per heavy atom. The summed E-state index contributed by atoms with van der Waals surface area (Å²) in [6.45, 7) is -0.0810. The number of rotatable bonds is 2. The Bertz CT molecular complexity index is 560. The van der Waals surface area contributed by atoms with E-state index in [2.05, 4.69) is 10.1 Å². The van der Waals surface area contributed by atoms with Gasteiger partial charge in [0.25, 0.3) is 5.91 Å². The lowest BCUT2D eigenvalue weighted by atomic mass is 10.3. The number of halogens is 4. The van der Waals surface area contributed by atoms with Crippen molar-refractivity contribution >= 4 is 35.0 Å². The van der Waals surface area contributed by atoms with Gasteiger partial charge in [0, 0.05) is 5.75 Å². The van der Waals surface area contributed by atoms with Crippen LogP contribution < -0.4 is 5.32 Å². The maximum atomic E-state index is 12.8. The van der Waals surface area contributed by atoms with Gasteiger partial charge in [0.05, 0.1) is 17.3 Å². The smallest absolute Gasteiger partial charge is 0.450 e. The Hall–Kier alpha value is -1.34. The maximum Gasteiger partial charge on any atom is 0.450 e. The first-order chi connectivity index (χ1) is 9.39. The molecule has 0 atom stereocenters. The first-order valence-corrected chi connectivity index (χ1v) is 6.89. The normalized spacial score (nSPS) is 15.8. The molecule has 1 heterocycles. The molecule has 0 radical (unpaired) electrons. The molecule has 0 aromatic heterocycles. The lowest BCUT2D eigenvalue weighted by Crippen LogP contribution is -2.26. The molecule has 0 fully saturated rings. The van der Waals surface area contributed by atoms with Gasteiger partial charge in [-0.25, -0.2) is 0 Å². The third-order valence-electron chi connectivity index (χ3n) is 2.37. The van der Waals surface area contributed by atoms with Crippen LogP contribution in [0, 0.1) is 0 Å². The molecular formula is C12H9ClF3NO2S. The van der Waals surface area contributed by atoms with E-state index in [-0.39, 0.29) is 23.1 Å². The van der Waals surface area contributed by atoms with E-state index in [0.29, 0.717) is 0 Å². The number of carbonyl (C=O) groups excluding carboxylic acids is 1. The van der Waals surface area contributed by atoms with Gasteiger partial charge >= 0.3 is 6.18 Å². The molecule has 0 saturated carbocycles. The van der Waals surface area contributed by atoms with Gasteiger partial charge in [0.15, 0.2) is 0 Å². The van der Waals surface area contributed by atoms with Crippen molar-refractivity contribution in [3.05, 3.63) is 40.0 Å². The Kier molecular flexibility index (Phi) is 4.49. The highest BCUT2D eigenvalue weighted by molar-refractivity contribution is 8.04. The lowest BCUT2D eigenvalue weighted by molar-refractivity contribution is -0.133. The third kappa shape index (κ3) is 3.40. The van der Waals surface area contributed by atoms with E-state index in [1.54, 1.807) is 12.1 Å². The van der Waals surface area contributed by atoms with E-state index in [4.69, 9.17) is 11.6 Å². The molecule has 1 amide bonds. The van der Waals surface area contributed by atoms with E-state index < -0.39 is 22.7 Å². The average Bonchev–Trinajstić information content (AvgIpc) is 2.40. The van der Waals surface area contributed by atoms with Gasteiger partial charge in [0.1, 0.15) is 4.91 Å². The number of benzene rings is 1. The largest absolute Gasteiger partial charge is 0.487 e. The molecule has 3 nitrogen and oxygen atoms in total. The van der Waals surface area contributed by atoms with Crippen LogP contribution in [0.2, 0.25) is 5.02 Å². The number of para-hydroxylation sites is 1. The summed E-state index contributed by atoms with van der Waals surface area (Å²) in [5.74, 6) is -1.85. The van der Waals surface area contributed by atoms with Crippen LogP contribution >= 0.6 is 23.4 Å². The SMILES string of the molecule is O=C(Nc1ccccc1Cl)C1=C(C(F)(F)F)OCCS1. The minimum atomic E-state index is -4.69. The van der Waals surface area contributed by atoms with Crippen LogP contribution in [0.3, 0.4) is 0 Å². The van der Waals surface area contributed by atoms with Crippen molar-refractivity contribution in [3.63, 3.8) is 0 Å². The van der Waals surface area contributed by atoms with Crippen LogP contribution in [-0.4, -0.2) is 24.4 Å². The van der Waals surface area contributed by atoms with Crippen molar-refractivity contribution in [2.45, 2.75) is 6.18 Å². The standard InChI is InChI=1S/C12H9ClF3NO2S/c13-7-3-1-2-4-8(7)17-11(18)9-10(12(14,15)16)19-5-6-20-9/h1-4H,5-6H2,(H,17,18). The second-order valence-electron chi connectivity index (χ2n) is 3.79. The number of anilines is 1. The van der Waals surface area contributed by atoms with Crippen molar-refractivity contribution in [1.29, 1.82) is 0 Å². The van der Waals surface area contributed by atoms with Crippen LogP contribution in [-0.2, 0) is 9.53 Å². The number of allylic oxidation sites excluding steroid dienone is 1. The molecule has 108 valence electrons. The summed E-state index contributed by atoms with van der Waals surface area (Å²) in [6.07, 6.45) is -4.69. The zero-order valence-electron chi connectivity index (χ0n) is 9.96. The molecule has 1 aliphatic rings. The van der Waals surface area contributed by atoms with E-state index >= 15 is 0 Å². The van der Waals surface area contributed by atoms with Gasteiger partial charge in [0.2, 0.25) is 5.76 Å². The number of hydrogen-bond acceptors (Lipinski definition) is 3. The number of ether oxygens (including phenoxy) is 1. The van der Waals surface area contributed by atoms with Crippen molar-refractivity contribution in [2.24, 2.45) is 0 Å². The number of alkyl halides is 3. The highest BCUT2D eigenvalue weighted by atomic mass is 35.5. The fourth-order valence-electron chi connectivity index (χ4n) is 1.54. The van der Waals surface area contributed by atoms with Crippen molar-refractivity contribution in [2.75, 3.05) is 17.7 Å². The molecule has 0 saturated heterocycles. The first-order valence-electron chi connectivity index (χ1n) is 5.52. The predicted molar refractivity (Wildman–Crippen MR) is 71.6 cm³/mol. The Morgan fingerprint density at radius 2 is 2.05 bits per heavy atom. The van der Waals surface area contributed by atoms with Gasteiger partial charge in [-0.3, -0.25) is 4.79 Å². The molecule has 8 heteroatoms. The minimum Gasteiger partial charge on any atom is -0.487 e. The van der Waals surface area contributed by atoms with Gasteiger partial charge < -0.3 is 10.1 Å². The second-order valence-corrected chi connectivity index (χ2v) is 5.30. The summed E-state index contributed by atoms with van der Waals surface area (Å²) in [7, 11) is 0. The summed E-state index contributed by atoms with van der Waals surface area (Å²) in [5.41, 5.74) is 0.249. The molecule has 2 rings (SSSR count). The fourth-order valence-corrected chi connectivity index (χ4v) is 2.58. The Morgan fingerprint density at radius 3 is 2.70 bits per heavy atom. The van der Waals surface area contributed by atoms with Crippen molar-refractivity contribution in [3.8, 4) is 0 Å². The molecule has 1 aliphatic heterocycles. The molecular weight excluding hydrogens is 315 g/mol. The van der Waals surface area contributed by atoms with Crippen LogP contribution in [0.1, 0.15) is 0 Å². The monoisotopic (exact) mass is 323 g/mol. The summed E-state index contributed by atoms with van der Waals surface area (Å²) in [6, 6.07) is 6.30. The van der Waals surface area contributed by atoms with Crippen LogP contribution in [0.25, 0.3) is 0 Å². The Balaban J connectivity index is 2.27. The molecule has 20 heavy (non-hydrogen) atoms. The van der Waals surface area contributed by atoms with Gasteiger partial charge in [-0.1, -0.05) is 23.7 Å². The first kappa shape index (κ1) is 15.1. The molecule has 1 aromatic carbocycles. The van der Waals surface area contributed by atoms with E-state index in [1.807, 2.05) is 0 Å². The molecule has 0 bridgehead atoms. The van der Waals surface area contributed by atoms with Gasteiger partial charge in [-0.15, -0.1) is 11.8 Å². The molecule has 0 spiro atoms. The van der Waals surface area contributed by atoms with Gasteiger partial charge in [-0.05, 0) is 12.1 Å². The van der Waals surface area contributed by atoms with Crippen LogP contribution in [0.15, 0.2) is 34.9 Å².